The normalized spacial score (nSPS) is 19.0. The van der Waals surface area contributed by atoms with Crippen LogP contribution in [0.15, 0.2) is 70.8 Å². The van der Waals surface area contributed by atoms with Crippen LogP contribution in [0.4, 0.5) is 4.39 Å². The van der Waals surface area contributed by atoms with Gasteiger partial charge in [-0.1, -0.05) is 0 Å². The Labute approximate surface area is 192 Å². The van der Waals surface area contributed by atoms with Gasteiger partial charge in [-0.05, 0) is 0 Å². The average Bonchev–Trinajstić information content (AvgIpc) is 3.43. The first-order chi connectivity index (χ1) is 15.6. The molecule has 6 rings (SSSR count). The number of nitrogens with zero attached hydrogens (tertiary/aromatic N) is 4. The number of benzene rings is 2. The number of rotatable bonds is 3. The van der Waals surface area contributed by atoms with E-state index >= 15 is 0 Å². The van der Waals surface area contributed by atoms with E-state index < -0.39 is 19.8 Å². The molecule has 0 amide bonds. The molecule has 0 spiro atoms. The summed E-state index contributed by atoms with van der Waals surface area (Å²) < 4.78 is 26.7. The summed E-state index contributed by atoms with van der Waals surface area (Å²) >= 11 is -1.14. The van der Waals surface area contributed by atoms with Gasteiger partial charge in [0.15, 0.2) is 0 Å². The number of aliphatic imine (C=N–C) groups is 1. The molecule has 2 aliphatic heterocycles. The standard InChI is InChI=1S/C25H22FIN4O/c1-15-10-27(11-15)17-7-8-21-19(9-17)23(18-5-3-4-6-20(18)26)30-16(2)25-24(29-13-31(21)25)22-12-28-14-32-22/h3-9,12-16H,10-11H2,1-2H3/t16-/m0/s1. The van der Waals surface area contributed by atoms with Crippen LogP contribution in [-0.2, 0) is 0 Å². The average molecular weight is 540 g/mol. The predicted molar refractivity (Wildman–Crippen MR) is 131 cm³/mol. The van der Waals surface area contributed by atoms with Crippen molar-refractivity contribution in [2.24, 2.45) is 10.9 Å². The number of aromatic nitrogens is 3. The predicted octanol–water partition coefficient (Wildman–Crippen LogP) is 5.90. The van der Waals surface area contributed by atoms with Crippen LogP contribution in [0.25, 0.3) is 17.1 Å². The molecule has 162 valence electrons. The van der Waals surface area contributed by atoms with Gasteiger partial charge in [-0.3, -0.25) is 0 Å². The second-order valence-corrected chi connectivity index (χ2v) is 14.0. The van der Waals surface area contributed by atoms with Gasteiger partial charge in [0.25, 0.3) is 0 Å². The Kier molecular flexibility index (Phi) is 4.74. The molecule has 0 radical (unpaired) electrons. The number of imidazole rings is 1. The van der Waals surface area contributed by atoms with E-state index in [1.165, 1.54) is 24.9 Å². The van der Waals surface area contributed by atoms with Gasteiger partial charge in [-0.25, -0.2) is 0 Å². The van der Waals surface area contributed by atoms with E-state index in [9.17, 15) is 4.39 Å². The van der Waals surface area contributed by atoms with Crippen molar-refractivity contribution >= 4 is 25.5 Å². The van der Waals surface area contributed by atoms with Crippen LogP contribution in [0.3, 0.4) is 0 Å². The van der Waals surface area contributed by atoms with Crippen LogP contribution in [0, 0.1) is 15.3 Å². The minimum atomic E-state index is -1.14. The third-order valence-electron chi connectivity index (χ3n) is 6.00. The monoisotopic (exact) mass is 540 g/mol. The van der Waals surface area contributed by atoms with E-state index in [-0.39, 0.29) is 11.9 Å². The number of halogens is 2. The number of hydrogen-bond donors (Lipinski definition) is 0. The fourth-order valence-corrected chi connectivity index (χ4v) is 10.3. The van der Waals surface area contributed by atoms with Crippen molar-refractivity contribution in [1.29, 1.82) is 0 Å². The zero-order valence-corrected chi connectivity index (χ0v) is 20.0. The number of oxazole rings is 1. The zero-order valence-electron chi connectivity index (χ0n) is 17.8. The topological polar surface area (TPSA) is 56.2 Å². The minimum absolute atomic E-state index is 0.245. The van der Waals surface area contributed by atoms with Crippen LogP contribution in [0.5, 0.6) is 0 Å². The Bertz CT molecular complexity index is 1340. The van der Waals surface area contributed by atoms with E-state index in [1.54, 1.807) is 12.3 Å². The number of alkyl halides is 2. The van der Waals surface area contributed by atoms with Crippen molar-refractivity contribution < 1.29 is 8.81 Å². The summed E-state index contributed by atoms with van der Waals surface area (Å²) in [7, 11) is 0. The molecule has 2 aromatic carbocycles. The number of fused-ring (bicyclic) bond motifs is 3. The third kappa shape index (κ3) is 3.13. The molecule has 0 unspecified atom stereocenters. The summed E-state index contributed by atoms with van der Waals surface area (Å²) in [5.74, 6) is 1.17. The number of hydrogen-bond acceptors (Lipinski definition) is 4. The summed E-state index contributed by atoms with van der Waals surface area (Å²) in [5, 5.41) is 0. The van der Waals surface area contributed by atoms with E-state index in [0.717, 1.165) is 22.9 Å². The fraction of sp³-hybridized carbons (Fsp3) is 0.240. The first-order valence-corrected chi connectivity index (χ1v) is 14.8. The Morgan fingerprint density at radius 2 is 1.94 bits per heavy atom. The molecule has 5 nitrogen and oxygen atoms in total. The van der Waals surface area contributed by atoms with Crippen molar-refractivity contribution in [1.82, 2.24) is 14.5 Å². The molecule has 1 fully saturated rings. The summed E-state index contributed by atoms with van der Waals surface area (Å²) in [6.07, 6.45) is 4.88. The molecule has 2 aliphatic rings. The molecular weight excluding hydrogens is 518 g/mol. The first-order valence-electron chi connectivity index (χ1n) is 10.7. The summed E-state index contributed by atoms with van der Waals surface area (Å²) in [6, 6.07) is 13.4. The van der Waals surface area contributed by atoms with Crippen molar-refractivity contribution in [2.45, 2.75) is 19.9 Å². The van der Waals surface area contributed by atoms with Gasteiger partial charge in [0, 0.05) is 0 Å². The van der Waals surface area contributed by atoms with Gasteiger partial charge in [0.2, 0.25) is 0 Å². The van der Waals surface area contributed by atoms with Gasteiger partial charge >= 0.3 is 193 Å². The van der Waals surface area contributed by atoms with Gasteiger partial charge in [0.05, 0.1) is 0 Å². The van der Waals surface area contributed by atoms with Crippen molar-refractivity contribution in [3.05, 3.63) is 87.6 Å². The molecule has 4 aromatic rings. The molecule has 0 saturated carbocycles. The molecule has 0 aliphatic carbocycles. The molecule has 7 heteroatoms. The molecule has 2 aromatic heterocycles. The Hall–Kier alpha value is -2.81. The van der Waals surface area contributed by atoms with Crippen molar-refractivity contribution in [2.75, 3.05) is 8.86 Å². The van der Waals surface area contributed by atoms with Crippen molar-refractivity contribution in [3.8, 4) is 17.1 Å². The summed E-state index contributed by atoms with van der Waals surface area (Å²) in [5.41, 5.74) is 4.80. The van der Waals surface area contributed by atoms with E-state index in [2.05, 4.69) is 39.7 Å². The van der Waals surface area contributed by atoms with E-state index in [1.807, 2.05) is 25.4 Å². The molecule has 1 atom stereocenters. The molecule has 1 saturated heterocycles. The first kappa shape index (κ1) is 19.8. The van der Waals surface area contributed by atoms with Crippen LogP contribution < -0.4 is 0 Å². The second kappa shape index (κ2) is 7.65. The Morgan fingerprint density at radius 3 is 2.69 bits per heavy atom. The summed E-state index contributed by atoms with van der Waals surface area (Å²) in [4.78, 5) is 13.8. The molecular formula is C25H22FIN4O. The molecule has 0 bridgehead atoms. The SMILES string of the molecule is CC1CI(c2ccc3c(c2)C(c2ccccc2F)=N[C@@H](C)c2c(-c4cnco4)ncn2-3)C1. The van der Waals surface area contributed by atoms with Crippen LogP contribution in [0.2, 0.25) is 0 Å². The Morgan fingerprint density at radius 1 is 1.09 bits per heavy atom. The second-order valence-electron chi connectivity index (χ2n) is 8.38. The maximum absolute atomic E-state index is 15.0. The van der Waals surface area contributed by atoms with Crippen LogP contribution in [0.1, 0.15) is 36.7 Å². The Balaban J connectivity index is 1.59. The van der Waals surface area contributed by atoms with Gasteiger partial charge in [-0.2, -0.15) is 0 Å². The maximum atomic E-state index is 15.0. The van der Waals surface area contributed by atoms with Gasteiger partial charge < -0.3 is 0 Å². The molecule has 0 N–H and O–H groups in total. The molecule has 4 heterocycles. The summed E-state index contributed by atoms with van der Waals surface area (Å²) in [6.45, 7) is 4.35. The zero-order chi connectivity index (χ0) is 21.8. The van der Waals surface area contributed by atoms with Crippen LogP contribution in [-0.4, -0.2) is 29.1 Å². The third-order valence-corrected chi connectivity index (χ3v) is 13.6. The van der Waals surface area contributed by atoms with E-state index in [0.29, 0.717) is 22.7 Å². The van der Waals surface area contributed by atoms with Gasteiger partial charge in [-0.15, -0.1) is 0 Å². The van der Waals surface area contributed by atoms with Gasteiger partial charge in [0.1, 0.15) is 0 Å². The molecule has 32 heavy (non-hydrogen) atoms. The quantitative estimate of drug-likeness (QED) is 0.240. The van der Waals surface area contributed by atoms with Crippen LogP contribution >= 0.6 is 19.8 Å². The van der Waals surface area contributed by atoms with Crippen molar-refractivity contribution in [3.63, 3.8) is 0 Å². The fourth-order valence-electron chi connectivity index (χ4n) is 4.51. The van der Waals surface area contributed by atoms with E-state index in [4.69, 9.17) is 9.41 Å².